The lowest BCUT2D eigenvalue weighted by atomic mass is 9.81. The van der Waals surface area contributed by atoms with Crippen LogP contribution in [0, 0.1) is 12.8 Å². The van der Waals surface area contributed by atoms with Crippen molar-refractivity contribution in [3.05, 3.63) is 11.7 Å². The standard InChI is InChI=1S/C11H19N3O/c1-8(6-10-4-3-5-10)12-7-11-13-9(2)14-15-11/h8,10,12H,3-7H2,1-2H3. The average molecular weight is 209 g/mol. The van der Waals surface area contributed by atoms with Crippen molar-refractivity contribution in [2.75, 3.05) is 0 Å². The first-order valence-electron chi connectivity index (χ1n) is 5.76. The van der Waals surface area contributed by atoms with Gasteiger partial charge >= 0.3 is 0 Å². The number of rotatable bonds is 5. The molecular weight excluding hydrogens is 190 g/mol. The van der Waals surface area contributed by atoms with E-state index in [0.29, 0.717) is 24.3 Å². The summed E-state index contributed by atoms with van der Waals surface area (Å²) in [6.07, 6.45) is 5.50. The maximum Gasteiger partial charge on any atom is 0.240 e. The Labute approximate surface area is 90.4 Å². The third-order valence-corrected chi connectivity index (χ3v) is 3.08. The van der Waals surface area contributed by atoms with E-state index in [0.717, 1.165) is 5.92 Å². The van der Waals surface area contributed by atoms with Gasteiger partial charge in [-0.05, 0) is 26.2 Å². The summed E-state index contributed by atoms with van der Waals surface area (Å²) in [5.41, 5.74) is 0. The zero-order valence-electron chi connectivity index (χ0n) is 9.49. The second-order valence-electron chi connectivity index (χ2n) is 4.55. The molecule has 1 aliphatic carbocycles. The van der Waals surface area contributed by atoms with Crippen LogP contribution in [-0.4, -0.2) is 16.2 Å². The molecule has 1 aromatic heterocycles. The summed E-state index contributed by atoms with van der Waals surface area (Å²) in [7, 11) is 0. The third-order valence-electron chi connectivity index (χ3n) is 3.08. The SMILES string of the molecule is Cc1noc(CNC(C)CC2CCC2)n1. The molecular formula is C11H19N3O. The van der Waals surface area contributed by atoms with Crippen molar-refractivity contribution < 1.29 is 4.52 Å². The molecule has 0 saturated heterocycles. The molecule has 1 fully saturated rings. The molecule has 1 saturated carbocycles. The highest BCUT2D eigenvalue weighted by Crippen LogP contribution is 2.30. The Morgan fingerprint density at radius 2 is 2.33 bits per heavy atom. The quantitative estimate of drug-likeness (QED) is 0.806. The number of hydrogen-bond donors (Lipinski definition) is 1. The van der Waals surface area contributed by atoms with Crippen LogP contribution < -0.4 is 5.32 Å². The first kappa shape index (κ1) is 10.6. The minimum atomic E-state index is 0.544. The van der Waals surface area contributed by atoms with Crippen LogP contribution in [0.15, 0.2) is 4.52 Å². The molecule has 2 rings (SSSR count). The summed E-state index contributed by atoms with van der Waals surface area (Å²) in [6, 6.07) is 0.544. The van der Waals surface area contributed by atoms with Gasteiger partial charge in [-0.25, -0.2) is 0 Å². The predicted octanol–water partition coefficient (Wildman–Crippen LogP) is 2.05. The van der Waals surface area contributed by atoms with Crippen molar-refractivity contribution in [1.82, 2.24) is 15.5 Å². The fourth-order valence-electron chi connectivity index (χ4n) is 1.99. The highest BCUT2D eigenvalue weighted by Gasteiger charge is 2.19. The van der Waals surface area contributed by atoms with E-state index in [1.54, 1.807) is 0 Å². The molecule has 0 aliphatic heterocycles. The topological polar surface area (TPSA) is 51.0 Å². The minimum Gasteiger partial charge on any atom is -0.338 e. The van der Waals surface area contributed by atoms with Crippen molar-refractivity contribution >= 4 is 0 Å². The van der Waals surface area contributed by atoms with Crippen LogP contribution in [0.4, 0.5) is 0 Å². The molecule has 1 aromatic rings. The molecule has 15 heavy (non-hydrogen) atoms. The van der Waals surface area contributed by atoms with Crippen LogP contribution in [0.5, 0.6) is 0 Å². The van der Waals surface area contributed by atoms with Crippen LogP contribution in [0.25, 0.3) is 0 Å². The lowest BCUT2D eigenvalue weighted by Crippen LogP contribution is -2.29. The molecule has 0 aromatic carbocycles. The van der Waals surface area contributed by atoms with Gasteiger partial charge in [-0.2, -0.15) is 4.98 Å². The summed E-state index contributed by atoms with van der Waals surface area (Å²) in [5, 5.41) is 7.17. The van der Waals surface area contributed by atoms with Crippen molar-refractivity contribution in [2.45, 2.75) is 52.1 Å². The molecule has 84 valence electrons. The smallest absolute Gasteiger partial charge is 0.240 e. The molecule has 0 amide bonds. The van der Waals surface area contributed by atoms with Gasteiger partial charge in [0, 0.05) is 6.04 Å². The highest BCUT2D eigenvalue weighted by molar-refractivity contribution is 4.83. The highest BCUT2D eigenvalue weighted by atomic mass is 16.5. The predicted molar refractivity (Wildman–Crippen MR) is 57.3 cm³/mol. The molecule has 1 aliphatic rings. The molecule has 4 nitrogen and oxygen atoms in total. The van der Waals surface area contributed by atoms with Gasteiger partial charge in [0.2, 0.25) is 5.89 Å². The van der Waals surface area contributed by atoms with E-state index in [-0.39, 0.29) is 0 Å². The lowest BCUT2D eigenvalue weighted by Gasteiger charge is -2.28. The van der Waals surface area contributed by atoms with Gasteiger partial charge in [-0.3, -0.25) is 0 Å². The van der Waals surface area contributed by atoms with Crippen molar-refractivity contribution in [3.8, 4) is 0 Å². The molecule has 0 bridgehead atoms. The van der Waals surface area contributed by atoms with Gasteiger partial charge < -0.3 is 9.84 Å². The fourth-order valence-corrected chi connectivity index (χ4v) is 1.99. The van der Waals surface area contributed by atoms with Crippen LogP contribution in [-0.2, 0) is 6.54 Å². The first-order valence-corrected chi connectivity index (χ1v) is 5.76. The Morgan fingerprint density at radius 1 is 1.53 bits per heavy atom. The van der Waals surface area contributed by atoms with Crippen molar-refractivity contribution in [2.24, 2.45) is 5.92 Å². The van der Waals surface area contributed by atoms with Gasteiger partial charge in [0.1, 0.15) is 0 Å². The summed E-state index contributed by atoms with van der Waals surface area (Å²) in [4.78, 5) is 4.16. The number of aromatic nitrogens is 2. The molecule has 1 N–H and O–H groups in total. The molecule has 0 spiro atoms. The first-order chi connectivity index (χ1) is 7.24. The Bertz CT molecular complexity index is 307. The molecule has 4 heteroatoms. The van der Waals surface area contributed by atoms with Gasteiger partial charge in [0.05, 0.1) is 6.54 Å². The Morgan fingerprint density at radius 3 is 2.87 bits per heavy atom. The summed E-state index contributed by atoms with van der Waals surface area (Å²) in [5.74, 6) is 2.34. The van der Waals surface area contributed by atoms with E-state index >= 15 is 0 Å². The van der Waals surface area contributed by atoms with Crippen LogP contribution in [0.2, 0.25) is 0 Å². The lowest BCUT2D eigenvalue weighted by molar-refractivity contribution is 0.260. The second kappa shape index (κ2) is 4.75. The van der Waals surface area contributed by atoms with Gasteiger partial charge in [0.15, 0.2) is 5.82 Å². The minimum absolute atomic E-state index is 0.544. The summed E-state index contributed by atoms with van der Waals surface area (Å²) >= 11 is 0. The van der Waals surface area contributed by atoms with Gasteiger partial charge in [-0.15, -0.1) is 0 Å². The normalized spacial score (nSPS) is 18.8. The summed E-state index contributed by atoms with van der Waals surface area (Å²) in [6.45, 7) is 4.75. The average Bonchev–Trinajstić information content (AvgIpc) is 2.55. The van der Waals surface area contributed by atoms with E-state index in [9.17, 15) is 0 Å². The largest absolute Gasteiger partial charge is 0.338 e. The van der Waals surface area contributed by atoms with Crippen molar-refractivity contribution in [3.63, 3.8) is 0 Å². The zero-order chi connectivity index (χ0) is 10.7. The van der Waals surface area contributed by atoms with Crippen molar-refractivity contribution in [1.29, 1.82) is 0 Å². The van der Waals surface area contributed by atoms with Gasteiger partial charge in [-0.1, -0.05) is 24.4 Å². The molecule has 1 unspecified atom stereocenters. The van der Waals surface area contributed by atoms with Crippen LogP contribution >= 0.6 is 0 Å². The summed E-state index contributed by atoms with van der Waals surface area (Å²) < 4.78 is 5.04. The van der Waals surface area contributed by atoms with Crippen LogP contribution in [0.1, 0.15) is 44.3 Å². The third kappa shape index (κ3) is 3.02. The Balaban J connectivity index is 1.68. The van der Waals surface area contributed by atoms with Gasteiger partial charge in [0.25, 0.3) is 0 Å². The molecule has 1 heterocycles. The second-order valence-corrected chi connectivity index (χ2v) is 4.55. The number of hydrogen-bond acceptors (Lipinski definition) is 4. The molecule has 1 atom stereocenters. The van der Waals surface area contributed by atoms with Crippen LogP contribution in [0.3, 0.4) is 0 Å². The van der Waals surface area contributed by atoms with E-state index < -0.39 is 0 Å². The number of nitrogens with one attached hydrogen (secondary N) is 1. The zero-order valence-corrected chi connectivity index (χ0v) is 9.49. The maximum absolute atomic E-state index is 5.04. The fraction of sp³-hybridized carbons (Fsp3) is 0.818. The van der Waals surface area contributed by atoms with E-state index in [1.807, 2.05) is 6.92 Å². The Hall–Kier alpha value is -0.900. The Kier molecular flexibility index (Phi) is 3.36. The number of nitrogens with zero attached hydrogens (tertiary/aromatic N) is 2. The van der Waals surface area contributed by atoms with E-state index in [2.05, 4.69) is 22.4 Å². The monoisotopic (exact) mass is 209 g/mol. The van der Waals surface area contributed by atoms with E-state index in [1.165, 1.54) is 25.7 Å². The number of aryl methyl sites for hydroxylation is 1. The maximum atomic E-state index is 5.04. The van der Waals surface area contributed by atoms with E-state index in [4.69, 9.17) is 4.52 Å². The molecule has 0 radical (unpaired) electrons.